The van der Waals surface area contributed by atoms with Gasteiger partial charge in [-0.15, -0.1) is 0 Å². The lowest BCUT2D eigenvalue weighted by atomic mass is 10.2. The van der Waals surface area contributed by atoms with Crippen molar-refractivity contribution in [2.45, 2.75) is 45.2 Å². The lowest BCUT2D eigenvalue weighted by Crippen LogP contribution is -2.34. The summed E-state index contributed by atoms with van der Waals surface area (Å²) in [4.78, 5) is 5.69. The molecule has 0 bridgehead atoms. The number of hydrogen-bond donors (Lipinski definition) is 0. The van der Waals surface area contributed by atoms with E-state index in [1.165, 1.54) is 16.4 Å². The number of halogens is 3. The molecule has 0 aromatic carbocycles. The van der Waals surface area contributed by atoms with Crippen LogP contribution in [0.4, 0.5) is 19.0 Å². The summed E-state index contributed by atoms with van der Waals surface area (Å²) >= 11 is 0. The van der Waals surface area contributed by atoms with Crippen LogP contribution in [0.25, 0.3) is 0 Å². The lowest BCUT2D eigenvalue weighted by molar-refractivity contribution is -0.137. The molecule has 1 aliphatic heterocycles. The fraction of sp³-hybridized carbons (Fsp3) is 0.550. The number of unbranched alkanes of at least 4 members (excludes halogenated alkanes) is 3. The Kier molecular flexibility index (Phi) is 8.53. The molecule has 0 aliphatic carbocycles. The standard InChI is InChI=1S/C20H26F3N3O2S/c1-2-3-4-5-6-7-8-16-29(27,28)26-13-9-12-25(14-15-26)19-11-10-18(17-24-19)20(21,22)23/h8,10-11,16-17H,2-5,9,12-15H2,1H3/b16-8+. The summed E-state index contributed by atoms with van der Waals surface area (Å²) in [6, 6.07) is 2.31. The molecule has 1 fully saturated rings. The third kappa shape index (κ3) is 7.37. The molecule has 9 heteroatoms. The maximum atomic E-state index is 12.7. The summed E-state index contributed by atoms with van der Waals surface area (Å²) in [6.07, 6.45) is 2.26. The van der Waals surface area contributed by atoms with E-state index in [1.54, 1.807) is 4.90 Å². The molecule has 0 unspecified atom stereocenters. The highest BCUT2D eigenvalue weighted by atomic mass is 32.2. The highest BCUT2D eigenvalue weighted by Crippen LogP contribution is 2.29. The highest BCUT2D eigenvalue weighted by Gasteiger charge is 2.31. The van der Waals surface area contributed by atoms with E-state index in [9.17, 15) is 21.6 Å². The number of anilines is 1. The molecule has 1 aromatic heterocycles. The van der Waals surface area contributed by atoms with E-state index in [2.05, 4.69) is 23.7 Å². The summed E-state index contributed by atoms with van der Waals surface area (Å²) < 4.78 is 64.3. The third-order valence-electron chi connectivity index (χ3n) is 4.54. The maximum absolute atomic E-state index is 12.7. The number of allylic oxidation sites excluding steroid dienone is 1. The van der Waals surface area contributed by atoms with Crippen molar-refractivity contribution >= 4 is 15.8 Å². The van der Waals surface area contributed by atoms with Gasteiger partial charge in [-0.25, -0.2) is 13.4 Å². The maximum Gasteiger partial charge on any atom is 0.417 e. The summed E-state index contributed by atoms with van der Waals surface area (Å²) in [7, 11) is -3.58. The van der Waals surface area contributed by atoms with Crippen LogP contribution in [0.15, 0.2) is 29.8 Å². The molecule has 29 heavy (non-hydrogen) atoms. The van der Waals surface area contributed by atoms with E-state index < -0.39 is 21.8 Å². The van der Waals surface area contributed by atoms with Crippen LogP contribution in [0.5, 0.6) is 0 Å². The van der Waals surface area contributed by atoms with Crippen molar-refractivity contribution in [3.05, 3.63) is 35.4 Å². The Morgan fingerprint density at radius 1 is 1.17 bits per heavy atom. The average molecular weight is 430 g/mol. The van der Waals surface area contributed by atoms with Crippen molar-refractivity contribution < 1.29 is 21.6 Å². The minimum atomic E-state index is -4.43. The van der Waals surface area contributed by atoms with Crippen molar-refractivity contribution in [1.29, 1.82) is 0 Å². The van der Waals surface area contributed by atoms with Crippen LogP contribution >= 0.6 is 0 Å². The molecule has 0 atom stereocenters. The van der Waals surface area contributed by atoms with Gasteiger partial charge in [0.15, 0.2) is 0 Å². The van der Waals surface area contributed by atoms with Gasteiger partial charge in [0.2, 0.25) is 10.0 Å². The van der Waals surface area contributed by atoms with Crippen molar-refractivity contribution in [3.63, 3.8) is 0 Å². The van der Waals surface area contributed by atoms with Gasteiger partial charge < -0.3 is 4.90 Å². The van der Waals surface area contributed by atoms with Gasteiger partial charge in [-0.2, -0.15) is 17.5 Å². The van der Waals surface area contributed by atoms with Crippen LogP contribution in [-0.2, 0) is 16.2 Å². The molecule has 5 nitrogen and oxygen atoms in total. The second-order valence-corrected chi connectivity index (χ2v) is 8.59. The van der Waals surface area contributed by atoms with Gasteiger partial charge in [0.1, 0.15) is 5.82 Å². The predicted molar refractivity (Wildman–Crippen MR) is 108 cm³/mol. The van der Waals surface area contributed by atoms with Crippen LogP contribution in [-0.4, -0.2) is 43.9 Å². The summed E-state index contributed by atoms with van der Waals surface area (Å²) in [6.45, 7) is 3.56. The van der Waals surface area contributed by atoms with Gasteiger partial charge in [0.25, 0.3) is 0 Å². The van der Waals surface area contributed by atoms with E-state index in [1.807, 2.05) is 0 Å². The lowest BCUT2D eigenvalue weighted by Gasteiger charge is -2.22. The zero-order valence-electron chi connectivity index (χ0n) is 16.5. The Morgan fingerprint density at radius 2 is 1.97 bits per heavy atom. The molecule has 1 aromatic rings. The predicted octanol–water partition coefficient (Wildman–Crippen LogP) is 4.04. The van der Waals surface area contributed by atoms with Gasteiger partial charge in [-0.05, 0) is 25.0 Å². The number of alkyl halides is 3. The van der Waals surface area contributed by atoms with Crippen LogP contribution in [0.1, 0.15) is 44.6 Å². The second kappa shape index (κ2) is 10.6. The molecule has 2 rings (SSSR count). The van der Waals surface area contributed by atoms with E-state index in [4.69, 9.17) is 0 Å². The molecule has 0 N–H and O–H groups in total. The summed E-state index contributed by atoms with van der Waals surface area (Å²) in [5.74, 6) is 6.10. The molecule has 0 amide bonds. The Hall–Kier alpha value is -2.05. The molecular formula is C20H26F3N3O2S. The van der Waals surface area contributed by atoms with Crippen molar-refractivity contribution in [2.24, 2.45) is 0 Å². The number of pyridine rings is 1. The van der Waals surface area contributed by atoms with Gasteiger partial charge >= 0.3 is 6.18 Å². The van der Waals surface area contributed by atoms with Gasteiger partial charge in [-0.1, -0.05) is 31.6 Å². The van der Waals surface area contributed by atoms with Crippen LogP contribution < -0.4 is 4.90 Å². The van der Waals surface area contributed by atoms with E-state index >= 15 is 0 Å². The Morgan fingerprint density at radius 3 is 2.62 bits per heavy atom. The molecule has 160 valence electrons. The van der Waals surface area contributed by atoms with Crippen molar-refractivity contribution in [3.8, 4) is 11.8 Å². The molecule has 0 saturated carbocycles. The third-order valence-corrected chi connectivity index (χ3v) is 6.11. The Labute approximate surface area is 170 Å². The Bertz CT molecular complexity index is 840. The molecule has 2 heterocycles. The molecule has 0 radical (unpaired) electrons. The summed E-state index contributed by atoms with van der Waals surface area (Å²) in [5.41, 5.74) is -0.804. The van der Waals surface area contributed by atoms with E-state index in [0.29, 0.717) is 31.9 Å². The molecule has 1 aliphatic rings. The average Bonchev–Trinajstić information content (AvgIpc) is 2.93. The van der Waals surface area contributed by atoms with E-state index in [-0.39, 0.29) is 6.54 Å². The minimum absolute atomic E-state index is 0.235. The number of rotatable bonds is 6. The SMILES string of the molecule is CCCCCC#C/C=C/S(=O)(=O)N1CCCN(c2ccc(C(F)(F)F)cn2)CC1. The normalized spacial score (nSPS) is 16.5. The summed E-state index contributed by atoms with van der Waals surface area (Å²) in [5, 5.41) is 1.12. The number of aromatic nitrogens is 1. The fourth-order valence-electron chi connectivity index (χ4n) is 2.92. The zero-order valence-corrected chi connectivity index (χ0v) is 17.3. The van der Waals surface area contributed by atoms with Crippen molar-refractivity contribution in [1.82, 2.24) is 9.29 Å². The molecular weight excluding hydrogens is 403 g/mol. The topological polar surface area (TPSA) is 53.5 Å². The quantitative estimate of drug-likeness (QED) is 0.506. The largest absolute Gasteiger partial charge is 0.417 e. The first-order chi connectivity index (χ1) is 13.7. The zero-order chi connectivity index (χ0) is 21.3. The van der Waals surface area contributed by atoms with Gasteiger partial charge in [-0.3, -0.25) is 0 Å². The number of nitrogens with zero attached hydrogens (tertiary/aromatic N) is 3. The first-order valence-electron chi connectivity index (χ1n) is 9.67. The van der Waals surface area contributed by atoms with Crippen LogP contribution in [0.2, 0.25) is 0 Å². The van der Waals surface area contributed by atoms with E-state index in [0.717, 1.165) is 43.4 Å². The highest BCUT2D eigenvalue weighted by molar-refractivity contribution is 7.92. The van der Waals surface area contributed by atoms with Gasteiger partial charge in [0, 0.05) is 44.9 Å². The smallest absolute Gasteiger partial charge is 0.355 e. The first kappa shape index (κ1) is 23.2. The fourth-order valence-corrected chi connectivity index (χ4v) is 4.05. The monoisotopic (exact) mass is 429 g/mol. The number of sulfonamides is 1. The van der Waals surface area contributed by atoms with Gasteiger partial charge in [0.05, 0.1) is 11.0 Å². The first-order valence-corrected chi connectivity index (χ1v) is 11.2. The van der Waals surface area contributed by atoms with Crippen LogP contribution in [0, 0.1) is 11.8 Å². The molecule has 0 spiro atoms. The molecule has 1 saturated heterocycles. The minimum Gasteiger partial charge on any atom is -0.355 e. The number of hydrogen-bond acceptors (Lipinski definition) is 4. The Balaban J connectivity index is 1.94. The van der Waals surface area contributed by atoms with Crippen LogP contribution in [0.3, 0.4) is 0 Å². The second-order valence-electron chi connectivity index (χ2n) is 6.77. The van der Waals surface area contributed by atoms with Crippen molar-refractivity contribution in [2.75, 3.05) is 31.1 Å².